The fourth-order valence-corrected chi connectivity index (χ4v) is 2.57. The molecular formula is C14H17F3N2O2. The van der Waals surface area contributed by atoms with E-state index in [1.807, 2.05) is 6.92 Å². The fraction of sp³-hybridized carbons (Fsp3) is 0.500. The van der Waals surface area contributed by atoms with Crippen LogP contribution in [0.1, 0.15) is 29.3 Å². The normalized spacial score (nSPS) is 22.3. The summed E-state index contributed by atoms with van der Waals surface area (Å²) in [5.74, 6) is -0.527. The number of amides is 1. The first-order valence-electron chi connectivity index (χ1n) is 6.58. The molecule has 2 atom stereocenters. The molecule has 7 heteroatoms. The van der Waals surface area contributed by atoms with Gasteiger partial charge >= 0.3 is 6.18 Å². The van der Waals surface area contributed by atoms with Crippen molar-refractivity contribution in [2.75, 3.05) is 19.4 Å². The summed E-state index contributed by atoms with van der Waals surface area (Å²) < 4.78 is 43.9. The van der Waals surface area contributed by atoms with Gasteiger partial charge in [-0.25, -0.2) is 0 Å². The summed E-state index contributed by atoms with van der Waals surface area (Å²) in [6, 6.07) is 3.21. The van der Waals surface area contributed by atoms with Crippen molar-refractivity contribution in [3.05, 3.63) is 29.3 Å². The minimum atomic E-state index is -4.58. The van der Waals surface area contributed by atoms with Crippen LogP contribution in [0.2, 0.25) is 0 Å². The lowest BCUT2D eigenvalue weighted by Crippen LogP contribution is -2.41. The Kier molecular flexibility index (Phi) is 4.13. The van der Waals surface area contributed by atoms with Crippen LogP contribution in [0.4, 0.5) is 18.9 Å². The standard InChI is InChI=1S/C14H17F3N2O2/c1-8-11(6-7-21-8)19(2)13(20)9-4-3-5-10(12(9)18)14(15,16)17/h3-5,8,11H,6-7,18H2,1-2H3. The highest BCUT2D eigenvalue weighted by Crippen LogP contribution is 2.35. The van der Waals surface area contributed by atoms with Crippen molar-refractivity contribution in [1.82, 2.24) is 4.90 Å². The molecule has 1 amide bonds. The zero-order valence-electron chi connectivity index (χ0n) is 11.8. The first kappa shape index (κ1) is 15.6. The number of likely N-dealkylation sites (N-methyl/N-ethyl adjacent to an activating group) is 1. The first-order chi connectivity index (χ1) is 9.73. The third-order valence-electron chi connectivity index (χ3n) is 3.80. The van der Waals surface area contributed by atoms with E-state index < -0.39 is 23.3 Å². The van der Waals surface area contributed by atoms with Crippen molar-refractivity contribution < 1.29 is 22.7 Å². The minimum Gasteiger partial charge on any atom is -0.398 e. The number of anilines is 1. The molecule has 0 bridgehead atoms. The lowest BCUT2D eigenvalue weighted by molar-refractivity contribution is -0.136. The SMILES string of the molecule is CC1OCCC1N(C)C(=O)c1cccc(C(F)(F)F)c1N. The van der Waals surface area contributed by atoms with E-state index in [-0.39, 0.29) is 17.7 Å². The van der Waals surface area contributed by atoms with Gasteiger partial charge in [-0.1, -0.05) is 6.07 Å². The highest BCUT2D eigenvalue weighted by atomic mass is 19.4. The fourth-order valence-electron chi connectivity index (χ4n) is 2.57. The molecule has 1 fully saturated rings. The summed E-state index contributed by atoms with van der Waals surface area (Å²) in [6.07, 6.45) is -4.07. The Morgan fingerprint density at radius 1 is 1.43 bits per heavy atom. The maximum Gasteiger partial charge on any atom is 0.418 e. The van der Waals surface area contributed by atoms with Crippen LogP contribution in [0, 0.1) is 0 Å². The van der Waals surface area contributed by atoms with E-state index in [0.717, 1.165) is 6.07 Å². The smallest absolute Gasteiger partial charge is 0.398 e. The van der Waals surface area contributed by atoms with Crippen molar-refractivity contribution in [1.29, 1.82) is 0 Å². The molecule has 2 N–H and O–H groups in total. The second-order valence-electron chi connectivity index (χ2n) is 5.11. The van der Waals surface area contributed by atoms with Gasteiger partial charge in [0.25, 0.3) is 5.91 Å². The van der Waals surface area contributed by atoms with Gasteiger partial charge in [-0.05, 0) is 25.5 Å². The molecule has 1 aliphatic rings. The van der Waals surface area contributed by atoms with E-state index in [2.05, 4.69) is 0 Å². The number of nitrogen functional groups attached to an aromatic ring is 1. The van der Waals surface area contributed by atoms with Gasteiger partial charge in [0.05, 0.1) is 29.0 Å². The van der Waals surface area contributed by atoms with Crippen molar-refractivity contribution in [2.24, 2.45) is 0 Å². The average molecular weight is 302 g/mol. The topological polar surface area (TPSA) is 55.6 Å². The highest BCUT2D eigenvalue weighted by Gasteiger charge is 2.36. The molecule has 2 rings (SSSR count). The molecule has 0 spiro atoms. The average Bonchev–Trinajstić information content (AvgIpc) is 2.82. The van der Waals surface area contributed by atoms with E-state index >= 15 is 0 Å². The molecule has 1 aliphatic heterocycles. The van der Waals surface area contributed by atoms with E-state index in [1.54, 1.807) is 7.05 Å². The number of carbonyl (C=O) groups excluding carboxylic acids is 1. The third-order valence-corrected chi connectivity index (χ3v) is 3.80. The molecular weight excluding hydrogens is 285 g/mol. The Morgan fingerprint density at radius 2 is 2.10 bits per heavy atom. The highest BCUT2D eigenvalue weighted by molar-refractivity contribution is 6.00. The molecule has 4 nitrogen and oxygen atoms in total. The van der Waals surface area contributed by atoms with Crippen LogP contribution in [0.3, 0.4) is 0 Å². The molecule has 21 heavy (non-hydrogen) atoms. The van der Waals surface area contributed by atoms with Gasteiger partial charge in [0.1, 0.15) is 0 Å². The van der Waals surface area contributed by atoms with E-state index in [4.69, 9.17) is 10.5 Å². The first-order valence-corrected chi connectivity index (χ1v) is 6.58. The molecule has 0 radical (unpaired) electrons. The maximum atomic E-state index is 12.8. The number of alkyl halides is 3. The lowest BCUT2D eigenvalue weighted by atomic mass is 10.0. The Balaban J connectivity index is 2.31. The van der Waals surface area contributed by atoms with Gasteiger partial charge in [-0.15, -0.1) is 0 Å². The Morgan fingerprint density at radius 3 is 2.62 bits per heavy atom. The second-order valence-corrected chi connectivity index (χ2v) is 5.11. The van der Waals surface area contributed by atoms with Gasteiger partial charge in [0.2, 0.25) is 0 Å². The quantitative estimate of drug-likeness (QED) is 0.854. The molecule has 0 aromatic heterocycles. The summed E-state index contributed by atoms with van der Waals surface area (Å²) in [7, 11) is 1.55. The minimum absolute atomic E-state index is 0.133. The summed E-state index contributed by atoms with van der Waals surface area (Å²) in [5, 5.41) is 0. The van der Waals surface area contributed by atoms with Crippen LogP contribution in [-0.4, -0.2) is 36.6 Å². The summed E-state index contributed by atoms with van der Waals surface area (Å²) >= 11 is 0. The molecule has 1 heterocycles. The number of halogens is 3. The summed E-state index contributed by atoms with van der Waals surface area (Å²) in [4.78, 5) is 13.8. The van der Waals surface area contributed by atoms with Crippen molar-refractivity contribution >= 4 is 11.6 Å². The number of nitrogens with zero attached hydrogens (tertiary/aromatic N) is 1. The van der Waals surface area contributed by atoms with Crippen LogP contribution in [-0.2, 0) is 10.9 Å². The molecule has 2 unspecified atom stereocenters. The number of benzene rings is 1. The molecule has 0 aliphatic carbocycles. The zero-order valence-corrected chi connectivity index (χ0v) is 11.8. The second kappa shape index (κ2) is 5.55. The van der Waals surface area contributed by atoms with E-state index in [9.17, 15) is 18.0 Å². The third kappa shape index (κ3) is 2.97. The lowest BCUT2D eigenvalue weighted by Gasteiger charge is -2.27. The predicted octanol–water partition coefficient (Wildman–Crippen LogP) is 2.54. The number of ether oxygens (including phenoxy) is 1. The van der Waals surface area contributed by atoms with Crippen LogP contribution < -0.4 is 5.73 Å². The van der Waals surface area contributed by atoms with Crippen LogP contribution >= 0.6 is 0 Å². The number of rotatable bonds is 2. The Bertz CT molecular complexity index is 546. The van der Waals surface area contributed by atoms with Crippen LogP contribution in [0.5, 0.6) is 0 Å². The number of para-hydroxylation sites is 1. The van der Waals surface area contributed by atoms with E-state index in [0.29, 0.717) is 13.0 Å². The maximum absolute atomic E-state index is 12.8. The monoisotopic (exact) mass is 302 g/mol. The van der Waals surface area contributed by atoms with E-state index in [1.165, 1.54) is 17.0 Å². The van der Waals surface area contributed by atoms with Gasteiger partial charge in [-0.2, -0.15) is 13.2 Å². The molecule has 116 valence electrons. The number of hydrogen-bond acceptors (Lipinski definition) is 3. The largest absolute Gasteiger partial charge is 0.418 e. The van der Waals surface area contributed by atoms with Gasteiger partial charge in [0, 0.05) is 13.7 Å². The molecule has 0 saturated carbocycles. The zero-order chi connectivity index (χ0) is 15.8. The van der Waals surface area contributed by atoms with Crippen molar-refractivity contribution in [3.8, 4) is 0 Å². The van der Waals surface area contributed by atoms with Gasteiger partial charge in [-0.3, -0.25) is 4.79 Å². The number of carbonyl (C=O) groups is 1. The number of nitrogens with two attached hydrogens (primary N) is 1. The molecule has 1 saturated heterocycles. The molecule has 1 aromatic rings. The van der Waals surface area contributed by atoms with Gasteiger partial charge in [0.15, 0.2) is 0 Å². The molecule has 1 aromatic carbocycles. The summed E-state index contributed by atoms with van der Waals surface area (Å²) in [5.41, 5.74) is 3.89. The van der Waals surface area contributed by atoms with Crippen LogP contribution in [0.25, 0.3) is 0 Å². The van der Waals surface area contributed by atoms with Crippen molar-refractivity contribution in [2.45, 2.75) is 31.7 Å². The number of hydrogen-bond donors (Lipinski definition) is 1. The summed E-state index contributed by atoms with van der Waals surface area (Å²) in [6.45, 7) is 2.36. The Labute approximate surface area is 120 Å². The van der Waals surface area contributed by atoms with Gasteiger partial charge < -0.3 is 15.4 Å². The van der Waals surface area contributed by atoms with Crippen LogP contribution in [0.15, 0.2) is 18.2 Å². The Hall–Kier alpha value is -1.76. The van der Waals surface area contributed by atoms with Crippen molar-refractivity contribution in [3.63, 3.8) is 0 Å². The predicted molar refractivity (Wildman–Crippen MR) is 71.8 cm³/mol.